The Morgan fingerprint density at radius 3 is 3.00 bits per heavy atom. The van der Waals surface area contributed by atoms with Crippen molar-refractivity contribution < 1.29 is 0 Å². The average molecular weight is 270 g/mol. The molecule has 0 aliphatic carbocycles. The normalized spacial score (nSPS) is 17.8. The summed E-state index contributed by atoms with van der Waals surface area (Å²) in [6, 6.07) is 4.36. The predicted molar refractivity (Wildman–Crippen MR) is 79.0 cm³/mol. The maximum Gasteiger partial charge on any atom is 0.0325 e. The molecule has 1 aromatic heterocycles. The van der Waals surface area contributed by atoms with Crippen molar-refractivity contribution in [2.75, 3.05) is 32.4 Å². The van der Waals surface area contributed by atoms with E-state index >= 15 is 0 Å². The molecule has 1 fully saturated rings. The van der Waals surface area contributed by atoms with E-state index in [9.17, 15) is 0 Å². The highest BCUT2D eigenvalue weighted by molar-refractivity contribution is 7.99. The fraction of sp³-hybridized carbons (Fsp3) is 0.692. The number of thioether (sulfide) groups is 1. The quantitative estimate of drug-likeness (QED) is 0.855. The van der Waals surface area contributed by atoms with Crippen molar-refractivity contribution in [2.24, 2.45) is 0 Å². The minimum atomic E-state index is 0.895. The molecule has 0 aromatic carbocycles. The lowest BCUT2D eigenvalue weighted by atomic mass is 10.2. The Labute approximate surface area is 113 Å². The highest BCUT2D eigenvalue weighted by Crippen LogP contribution is 2.20. The van der Waals surface area contributed by atoms with Gasteiger partial charge in [-0.25, -0.2) is 0 Å². The molecule has 1 aliphatic rings. The van der Waals surface area contributed by atoms with Crippen LogP contribution in [-0.4, -0.2) is 42.6 Å². The molecule has 2 heterocycles. The third-order valence-corrected chi connectivity index (χ3v) is 5.34. The molecule has 0 amide bonds. The highest BCUT2D eigenvalue weighted by atomic mass is 32.2. The van der Waals surface area contributed by atoms with Gasteiger partial charge in [0.05, 0.1) is 0 Å². The van der Waals surface area contributed by atoms with Crippen LogP contribution in [0.15, 0.2) is 17.5 Å². The molecule has 1 aromatic rings. The van der Waals surface area contributed by atoms with Gasteiger partial charge in [0.25, 0.3) is 0 Å². The van der Waals surface area contributed by atoms with Crippen LogP contribution in [0.3, 0.4) is 0 Å². The van der Waals surface area contributed by atoms with E-state index in [-0.39, 0.29) is 0 Å². The Morgan fingerprint density at radius 2 is 2.29 bits per heavy atom. The summed E-state index contributed by atoms with van der Waals surface area (Å²) in [5.41, 5.74) is 0. The largest absolute Gasteiger partial charge is 0.317 e. The van der Waals surface area contributed by atoms with Gasteiger partial charge >= 0.3 is 0 Å². The van der Waals surface area contributed by atoms with Gasteiger partial charge in [-0.15, -0.1) is 11.3 Å². The first-order valence-corrected chi connectivity index (χ1v) is 8.30. The van der Waals surface area contributed by atoms with Crippen molar-refractivity contribution in [1.82, 2.24) is 10.2 Å². The van der Waals surface area contributed by atoms with Gasteiger partial charge < -0.3 is 10.2 Å². The summed E-state index contributed by atoms with van der Waals surface area (Å²) >= 11 is 4.02. The second kappa shape index (κ2) is 7.41. The third kappa shape index (κ3) is 5.00. The fourth-order valence-electron chi connectivity index (χ4n) is 2.08. The molecule has 17 heavy (non-hydrogen) atoms. The SMILES string of the molecule is CN(CCSC1CCNCC1)Cc1cccs1. The first kappa shape index (κ1) is 13.4. The maximum atomic E-state index is 3.42. The number of hydrogen-bond donors (Lipinski definition) is 1. The molecule has 0 atom stereocenters. The second-order valence-electron chi connectivity index (χ2n) is 4.64. The van der Waals surface area contributed by atoms with Crippen molar-refractivity contribution in [3.8, 4) is 0 Å². The summed E-state index contributed by atoms with van der Waals surface area (Å²) in [4.78, 5) is 3.90. The van der Waals surface area contributed by atoms with Crippen LogP contribution in [0.25, 0.3) is 0 Å². The monoisotopic (exact) mass is 270 g/mol. The summed E-state index contributed by atoms with van der Waals surface area (Å²) in [5, 5.41) is 6.48. The Hall–Kier alpha value is -0.0300. The fourth-order valence-corrected chi connectivity index (χ4v) is 4.19. The standard InChI is InChI=1S/C13H22N2S2/c1-15(11-13-3-2-9-16-13)8-10-17-12-4-6-14-7-5-12/h2-3,9,12,14H,4-8,10-11H2,1H3. The molecule has 0 saturated carbocycles. The molecular formula is C13H22N2S2. The van der Waals surface area contributed by atoms with E-state index in [0.717, 1.165) is 11.8 Å². The molecule has 1 aliphatic heterocycles. The molecule has 1 N–H and O–H groups in total. The predicted octanol–water partition coefficient (Wildman–Crippen LogP) is 2.67. The Kier molecular flexibility index (Phi) is 5.85. The van der Waals surface area contributed by atoms with Gasteiger partial charge in [-0.3, -0.25) is 0 Å². The van der Waals surface area contributed by atoms with Crippen LogP contribution in [0.4, 0.5) is 0 Å². The van der Waals surface area contributed by atoms with Crippen molar-refractivity contribution >= 4 is 23.1 Å². The summed E-state index contributed by atoms with van der Waals surface area (Å²) in [5.74, 6) is 1.27. The number of rotatable bonds is 6. The molecule has 0 unspecified atom stereocenters. The van der Waals surface area contributed by atoms with E-state index in [1.54, 1.807) is 0 Å². The van der Waals surface area contributed by atoms with Crippen LogP contribution in [-0.2, 0) is 6.54 Å². The Morgan fingerprint density at radius 1 is 1.47 bits per heavy atom. The van der Waals surface area contributed by atoms with E-state index in [2.05, 4.69) is 46.5 Å². The minimum absolute atomic E-state index is 0.895. The number of nitrogens with zero attached hydrogens (tertiary/aromatic N) is 1. The van der Waals surface area contributed by atoms with Gasteiger partial charge in [0.15, 0.2) is 0 Å². The summed E-state index contributed by atoms with van der Waals surface area (Å²) in [6.45, 7) is 4.72. The first-order valence-electron chi connectivity index (χ1n) is 6.38. The summed E-state index contributed by atoms with van der Waals surface area (Å²) in [6.07, 6.45) is 2.69. The van der Waals surface area contributed by atoms with Crippen molar-refractivity contribution in [3.05, 3.63) is 22.4 Å². The molecule has 2 rings (SSSR count). The molecule has 1 saturated heterocycles. The smallest absolute Gasteiger partial charge is 0.0325 e. The molecular weight excluding hydrogens is 248 g/mol. The third-order valence-electron chi connectivity index (χ3n) is 3.12. The topological polar surface area (TPSA) is 15.3 Å². The van der Waals surface area contributed by atoms with Crippen molar-refractivity contribution in [1.29, 1.82) is 0 Å². The first-order chi connectivity index (χ1) is 8.34. The lowest BCUT2D eigenvalue weighted by Crippen LogP contribution is -2.30. The van der Waals surface area contributed by atoms with Crippen LogP contribution in [0.1, 0.15) is 17.7 Å². The summed E-state index contributed by atoms with van der Waals surface area (Å²) in [7, 11) is 2.22. The van der Waals surface area contributed by atoms with E-state index < -0.39 is 0 Å². The van der Waals surface area contributed by atoms with Gasteiger partial charge in [-0.2, -0.15) is 11.8 Å². The Bertz CT molecular complexity index is 294. The molecule has 96 valence electrons. The number of nitrogens with one attached hydrogen (secondary N) is 1. The highest BCUT2D eigenvalue weighted by Gasteiger charge is 2.13. The number of thiophene rings is 1. The van der Waals surface area contributed by atoms with E-state index in [4.69, 9.17) is 0 Å². The zero-order valence-electron chi connectivity index (χ0n) is 10.5. The number of hydrogen-bond acceptors (Lipinski definition) is 4. The van der Waals surface area contributed by atoms with Crippen molar-refractivity contribution in [3.63, 3.8) is 0 Å². The van der Waals surface area contributed by atoms with Crippen molar-refractivity contribution in [2.45, 2.75) is 24.6 Å². The lowest BCUT2D eigenvalue weighted by molar-refractivity contribution is 0.351. The van der Waals surface area contributed by atoms with Gasteiger partial charge in [0.1, 0.15) is 0 Å². The zero-order chi connectivity index (χ0) is 11.9. The van der Waals surface area contributed by atoms with E-state index in [0.29, 0.717) is 0 Å². The molecule has 0 spiro atoms. The van der Waals surface area contributed by atoms with Gasteiger partial charge in [0, 0.05) is 29.0 Å². The number of piperidine rings is 1. The average Bonchev–Trinajstić information content (AvgIpc) is 2.83. The maximum absolute atomic E-state index is 3.42. The van der Waals surface area contributed by atoms with Gasteiger partial charge in [-0.1, -0.05) is 6.07 Å². The molecule has 4 heteroatoms. The molecule has 2 nitrogen and oxygen atoms in total. The Balaban J connectivity index is 1.58. The van der Waals surface area contributed by atoms with E-state index in [1.807, 2.05) is 11.3 Å². The molecule has 0 bridgehead atoms. The van der Waals surface area contributed by atoms with E-state index in [1.165, 1.54) is 43.1 Å². The van der Waals surface area contributed by atoms with Crippen LogP contribution < -0.4 is 5.32 Å². The van der Waals surface area contributed by atoms with Crippen LogP contribution >= 0.6 is 23.1 Å². The minimum Gasteiger partial charge on any atom is -0.317 e. The van der Waals surface area contributed by atoms with Crippen LogP contribution in [0.5, 0.6) is 0 Å². The van der Waals surface area contributed by atoms with Gasteiger partial charge in [-0.05, 0) is 44.4 Å². The zero-order valence-corrected chi connectivity index (χ0v) is 12.2. The molecule has 0 radical (unpaired) electrons. The van der Waals surface area contributed by atoms with Gasteiger partial charge in [0.2, 0.25) is 0 Å². The second-order valence-corrected chi connectivity index (χ2v) is 7.08. The summed E-state index contributed by atoms with van der Waals surface area (Å²) < 4.78 is 0. The van der Waals surface area contributed by atoms with Crippen LogP contribution in [0.2, 0.25) is 0 Å². The lowest BCUT2D eigenvalue weighted by Gasteiger charge is -2.23. The van der Waals surface area contributed by atoms with Crippen LogP contribution in [0, 0.1) is 0 Å².